The summed E-state index contributed by atoms with van der Waals surface area (Å²) in [5.41, 5.74) is 2.17. The van der Waals surface area contributed by atoms with Crippen LogP contribution in [-0.4, -0.2) is 56.6 Å². The Kier molecular flexibility index (Phi) is 9.97. The highest BCUT2D eigenvalue weighted by atomic mass is 32.2. The topological polar surface area (TPSA) is 96.0 Å². The van der Waals surface area contributed by atoms with Gasteiger partial charge in [0.25, 0.3) is 0 Å². The average molecular weight is 530 g/mol. The van der Waals surface area contributed by atoms with Crippen LogP contribution in [0.4, 0.5) is 5.69 Å². The lowest BCUT2D eigenvalue weighted by molar-refractivity contribution is -0.139. The van der Waals surface area contributed by atoms with E-state index in [1.807, 2.05) is 38.1 Å². The minimum absolute atomic E-state index is 0.102. The average Bonchev–Trinajstić information content (AvgIpc) is 2.87. The van der Waals surface area contributed by atoms with Crippen LogP contribution in [0.5, 0.6) is 5.75 Å². The summed E-state index contributed by atoms with van der Waals surface area (Å²) in [5, 5.41) is 3.11. The Morgan fingerprint density at radius 2 is 1.70 bits per heavy atom. The molecular weight excluding hydrogens is 490 g/mol. The van der Waals surface area contributed by atoms with Gasteiger partial charge in [0.15, 0.2) is 0 Å². The van der Waals surface area contributed by atoms with E-state index in [4.69, 9.17) is 4.74 Å². The van der Waals surface area contributed by atoms with Crippen molar-refractivity contribution in [1.29, 1.82) is 0 Å². The number of hydrogen-bond donors (Lipinski definition) is 1. The third-order valence-corrected chi connectivity index (χ3v) is 7.96. The van der Waals surface area contributed by atoms with Crippen LogP contribution in [0.1, 0.15) is 57.1 Å². The summed E-state index contributed by atoms with van der Waals surface area (Å²) in [6.07, 6.45) is 6.25. The molecule has 202 valence electrons. The largest absolute Gasteiger partial charge is 0.492 e. The van der Waals surface area contributed by atoms with Crippen molar-refractivity contribution in [2.45, 2.75) is 71.5 Å². The Hall–Kier alpha value is -3.07. The minimum Gasteiger partial charge on any atom is -0.492 e. The maximum absolute atomic E-state index is 13.8. The summed E-state index contributed by atoms with van der Waals surface area (Å²) < 4.78 is 32.4. The van der Waals surface area contributed by atoms with Crippen LogP contribution in [0, 0.1) is 6.92 Å². The zero-order chi connectivity index (χ0) is 27.0. The molecule has 2 aromatic carbocycles. The van der Waals surface area contributed by atoms with E-state index in [0.717, 1.165) is 47.4 Å². The van der Waals surface area contributed by atoms with Crippen LogP contribution in [0.2, 0.25) is 0 Å². The van der Waals surface area contributed by atoms with Gasteiger partial charge in [-0.05, 0) is 56.9 Å². The predicted octanol–water partition coefficient (Wildman–Crippen LogP) is 4.03. The van der Waals surface area contributed by atoms with E-state index in [0.29, 0.717) is 12.4 Å². The van der Waals surface area contributed by atoms with E-state index in [2.05, 4.69) is 5.32 Å². The zero-order valence-corrected chi connectivity index (χ0v) is 23.1. The molecule has 0 heterocycles. The molecular formula is C28H39N3O5S. The lowest BCUT2D eigenvalue weighted by Gasteiger charge is -2.33. The molecule has 1 atom stereocenters. The van der Waals surface area contributed by atoms with Crippen LogP contribution >= 0.6 is 0 Å². The fourth-order valence-corrected chi connectivity index (χ4v) is 5.51. The molecule has 0 aromatic heterocycles. The van der Waals surface area contributed by atoms with Gasteiger partial charge < -0.3 is 15.0 Å². The third-order valence-electron chi connectivity index (χ3n) is 6.83. The number of nitrogens with one attached hydrogen (secondary N) is 1. The lowest BCUT2D eigenvalue weighted by Crippen LogP contribution is -2.53. The maximum atomic E-state index is 13.8. The van der Waals surface area contributed by atoms with Crippen molar-refractivity contribution in [2.24, 2.45) is 0 Å². The SMILES string of the molecule is CCOc1ccccc1N(CC(=O)N(Cc1ccccc1C)C(C)C(=O)NC1CCCCC1)S(C)(=O)=O. The number of rotatable bonds is 11. The van der Waals surface area contributed by atoms with E-state index in [-0.39, 0.29) is 24.2 Å². The number of carbonyl (C=O) groups is 2. The van der Waals surface area contributed by atoms with Crippen LogP contribution in [0.25, 0.3) is 0 Å². The molecule has 1 N–H and O–H groups in total. The molecule has 1 aliphatic carbocycles. The second kappa shape index (κ2) is 12.9. The fraction of sp³-hybridized carbons (Fsp3) is 0.500. The van der Waals surface area contributed by atoms with Crippen molar-refractivity contribution < 1.29 is 22.7 Å². The third kappa shape index (κ3) is 7.71. The van der Waals surface area contributed by atoms with Crippen LogP contribution in [0.3, 0.4) is 0 Å². The number of para-hydroxylation sites is 2. The molecule has 0 saturated heterocycles. The Labute approximate surface area is 221 Å². The molecule has 2 aromatic rings. The first-order valence-electron chi connectivity index (χ1n) is 13.0. The number of carbonyl (C=O) groups excluding carboxylic acids is 2. The molecule has 8 nitrogen and oxygen atoms in total. The molecule has 2 amide bonds. The Morgan fingerprint density at radius 1 is 1.05 bits per heavy atom. The summed E-state index contributed by atoms with van der Waals surface area (Å²) in [4.78, 5) is 28.5. The highest BCUT2D eigenvalue weighted by molar-refractivity contribution is 7.92. The fourth-order valence-electron chi connectivity index (χ4n) is 4.66. The second-order valence-electron chi connectivity index (χ2n) is 9.64. The normalized spacial score (nSPS) is 15.0. The van der Waals surface area contributed by atoms with E-state index < -0.39 is 28.5 Å². The molecule has 37 heavy (non-hydrogen) atoms. The Balaban J connectivity index is 1.91. The number of nitrogens with zero attached hydrogens (tertiary/aromatic N) is 2. The first kappa shape index (κ1) is 28.5. The van der Waals surface area contributed by atoms with E-state index in [1.165, 1.54) is 11.3 Å². The predicted molar refractivity (Wildman–Crippen MR) is 146 cm³/mol. The van der Waals surface area contributed by atoms with Gasteiger partial charge in [-0.3, -0.25) is 13.9 Å². The second-order valence-corrected chi connectivity index (χ2v) is 11.5. The molecule has 0 bridgehead atoms. The number of ether oxygens (including phenoxy) is 1. The molecule has 1 saturated carbocycles. The molecule has 0 spiro atoms. The highest BCUT2D eigenvalue weighted by Gasteiger charge is 2.32. The van der Waals surface area contributed by atoms with Crippen molar-refractivity contribution in [1.82, 2.24) is 10.2 Å². The van der Waals surface area contributed by atoms with Gasteiger partial charge in [0.1, 0.15) is 18.3 Å². The number of sulfonamides is 1. The first-order valence-corrected chi connectivity index (χ1v) is 14.8. The van der Waals surface area contributed by atoms with Gasteiger partial charge >= 0.3 is 0 Å². The van der Waals surface area contributed by atoms with Gasteiger partial charge in [0.2, 0.25) is 21.8 Å². The Morgan fingerprint density at radius 3 is 2.35 bits per heavy atom. The monoisotopic (exact) mass is 529 g/mol. The van der Waals surface area contributed by atoms with E-state index in [9.17, 15) is 18.0 Å². The summed E-state index contributed by atoms with van der Waals surface area (Å²) in [6, 6.07) is 13.7. The van der Waals surface area contributed by atoms with Crippen molar-refractivity contribution in [3.05, 3.63) is 59.7 Å². The number of benzene rings is 2. The standard InChI is InChI=1S/C28H39N3O5S/c1-5-36-26-18-12-11-17-25(26)31(37(4,34)35)20-27(32)30(19-23-14-10-9-13-21(23)2)22(3)28(33)29-24-15-7-6-8-16-24/h9-14,17-18,22,24H,5-8,15-16,19-20H2,1-4H3,(H,29,33). The van der Waals surface area contributed by atoms with Gasteiger partial charge in [-0.1, -0.05) is 55.7 Å². The molecule has 3 rings (SSSR count). The van der Waals surface area contributed by atoms with Gasteiger partial charge in [-0.2, -0.15) is 0 Å². The minimum atomic E-state index is -3.83. The quantitative estimate of drug-likeness (QED) is 0.474. The molecule has 1 aliphatic rings. The summed E-state index contributed by atoms with van der Waals surface area (Å²) in [7, 11) is -3.83. The molecule has 0 radical (unpaired) electrons. The summed E-state index contributed by atoms with van der Waals surface area (Å²) in [5.74, 6) is -0.322. The zero-order valence-electron chi connectivity index (χ0n) is 22.3. The molecule has 1 fully saturated rings. The van der Waals surface area contributed by atoms with E-state index in [1.54, 1.807) is 31.2 Å². The summed E-state index contributed by atoms with van der Waals surface area (Å²) in [6.45, 7) is 5.55. The number of amides is 2. The van der Waals surface area contributed by atoms with Crippen molar-refractivity contribution in [2.75, 3.05) is 23.7 Å². The van der Waals surface area contributed by atoms with Crippen molar-refractivity contribution >= 4 is 27.5 Å². The van der Waals surface area contributed by atoms with Crippen LogP contribution < -0.4 is 14.4 Å². The van der Waals surface area contributed by atoms with Gasteiger partial charge in [-0.15, -0.1) is 0 Å². The van der Waals surface area contributed by atoms with Crippen LogP contribution in [0.15, 0.2) is 48.5 Å². The van der Waals surface area contributed by atoms with Gasteiger partial charge in [0.05, 0.1) is 18.6 Å². The van der Waals surface area contributed by atoms with E-state index >= 15 is 0 Å². The number of hydrogen-bond acceptors (Lipinski definition) is 5. The van der Waals surface area contributed by atoms with Gasteiger partial charge in [0, 0.05) is 12.6 Å². The number of aryl methyl sites for hydroxylation is 1. The lowest BCUT2D eigenvalue weighted by atomic mass is 9.95. The Bertz CT molecular complexity index is 1180. The molecule has 9 heteroatoms. The van der Waals surface area contributed by atoms with Gasteiger partial charge in [-0.25, -0.2) is 8.42 Å². The maximum Gasteiger partial charge on any atom is 0.244 e. The number of anilines is 1. The van der Waals surface area contributed by atoms with Crippen LogP contribution in [-0.2, 0) is 26.2 Å². The molecule has 1 unspecified atom stereocenters. The van der Waals surface area contributed by atoms with Crippen molar-refractivity contribution in [3.8, 4) is 5.75 Å². The highest BCUT2D eigenvalue weighted by Crippen LogP contribution is 2.30. The van der Waals surface area contributed by atoms with Crippen molar-refractivity contribution in [3.63, 3.8) is 0 Å². The smallest absolute Gasteiger partial charge is 0.244 e. The summed E-state index contributed by atoms with van der Waals surface area (Å²) >= 11 is 0. The molecule has 0 aliphatic heterocycles. The first-order chi connectivity index (χ1) is 17.6.